The molecule has 0 aliphatic rings. The third kappa shape index (κ3) is 7.69. The highest BCUT2D eigenvalue weighted by atomic mass is 19.4. The SMILES string of the molecule is COc1ccc(OC)c(/C=C/C(=O)OCC(=O)N(/N=C/c2ccccc2)c2cccc(C(F)(F)F)c2)c1. The minimum Gasteiger partial charge on any atom is -0.497 e. The highest BCUT2D eigenvalue weighted by molar-refractivity contribution is 5.97. The van der Waals surface area contributed by atoms with E-state index in [1.165, 1.54) is 32.6 Å². The zero-order chi connectivity index (χ0) is 26.8. The van der Waals surface area contributed by atoms with Gasteiger partial charge in [0, 0.05) is 11.6 Å². The molecular formula is C27H23F3N2O5. The standard InChI is InChI=1S/C27H23F3N2O5/c1-35-23-12-13-24(36-2)20(15-23)11-14-26(34)37-18-25(33)32(31-17-19-7-4-3-5-8-19)22-10-6-9-21(16-22)27(28,29)30/h3-17H,18H2,1-2H3/b14-11+,31-17+. The summed E-state index contributed by atoms with van der Waals surface area (Å²) in [5.74, 6) is -0.689. The Hall–Kier alpha value is -4.60. The lowest BCUT2D eigenvalue weighted by Gasteiger charge is -2.18. The predicted octanol–water partition coefficient (Wildman–Crippen LogP) is 5.35. The first-order valence-electron chi connectivity index (χ1n) is 10.9. The van der Waals surface area contributed by atoms with Crippen LogP contribution >= 0.6 is 0 Å². The van der Waals surface area contributed by atoms with Gasteiger partial charge >= 0.3 is 12.1 Å². The van der Waals surface area contributed by atoms with E-state index in [-0.39, 0.29) is 5.69 Å². The van der Waals surface area contributed by atoms with E-state index in [1.807, 2.05) is 0 Å². The Morgan fingerprint density at radius 3 is 2.38 bits per heavy atom. The van der Waals surface area contributed by atoms with E-state index in [0.29, 0.717) is 22.6 Å². The number of hydrogen-bond donors (Lipinski definition) is 0. The lowest BCUT2D eigenvalue weighted by atomic mass is 10.1. The topological polar surface area (TPSA) is 77.4 Å². The Morgan fingerprint density at radius 1 is 0.946 bits per heavy atom. The molecule has 0 unspecified atom stereocenters. The molecule has 3 aromatic rings. The second-order valence-corrected chi connectivity index (χ2v) is 7.46. The van der Waals surface area contributed by atoms with Crippen molar-refractivity contribution in [2.45, 2.75) is 6.18 Å². The van der Waals surface area contributed by atoms with Crippen LogP contribution in [0.1, 0.15) is 16.7 Å². The van der Waals surface area contributed by atoms with Gasteiger partial charge in [-0.2, -0.15) is 23.3 Å². The second kappa shape index (κ2) is 12.4. The molecule has 0 aliphatic carbocycles. The molecule has 1 amide bonds. The largest absolute Gasteiger partial charge is 0.497 e. The number of rotatable bonds is 9. The zero-order valence-corrected chi connectivity index (χ0v) is 19.9. The van der Waals surface area contributed by atoms with E-state index < -0.39 is 30.2 Å². The molecule has 3 aromatic carbocycles. The van der Waals surface area contributed by atoms with E-state index in [9.17, 15) is 22.8 Å². The quantitative estimate of drug-likeness (QED) is 0.167. The summed E-state index contributed by atoms with van der Waals surface area (Å²) in [7, 11) is 2.96. The van der Waals surface area contributed by atoms with E-state index in [2.05, 4.69) is 5.10 Å². The number of amides is 1. The first-order valence-corrected chi connectivity index (χ1v) is 10.9. The van der Waals surface area contributed by atoms with Crippen molar-refractivity contribution < 1.29 is 37.0 Å². The van der Waals surface area contributed by atoms with Crippen LogP contribution in [0.2, 0.25) is 0 Å². The van der Waals surface area contributed by atoms with Crippen molar-refractivity contribution in [3.05, 3.63) is 95.6 Å². The summed E-state index contributed by atoms with van der Waals surface area (Å²) < 4.78 is 55.1. The van der Waals surface area contributed by atoms with Crippen LogP contribution in [0.5, 0.6) is 11.5 Å². The van der Waals surface area contributed by atoms with Gasteiger partial charge in [0.25, 0.3) is 5.91 Å². The van der Waals surface area contributed by atoms with Gasteiger partial charge in [-0.15, -0.1) is 0 Å². The molecule has 0 N–H and O–H groups in total. The van der Waals surface area contributed by atoms with E-state index in [0.717, 1.165) is 29.3 Å². The van der Waals surface area contributed by atoms with Crippen LogP contribution in [0.15, 0.2) is 84.0 Å². The van der Waals surface area contributed by atoms with Gasteiger partial charge in [0.05, 0.1) is 31.7 Å². The molecule has 3 rings (SSSR count). The van der Waals surface area contributed by atoms with E-state index in [4.69, 9.17) is 14.2 Å². The number of ether oxygens (including phenoxy) is 3. The minimum atomic E-state index is -4.62. The monoisotopic (exact) mass is 512 g/mol. The molecule has 0 radical (unpaired) electrons. The van der Waals surface area contributed by atoms with E-state index in [1.54, 1.807) is 48.5 Å². The lowest BCUT2D eigenvalue weighted by Crippen LogP contribution is -2.30. The van der Waals surface area contributed by atoms with Crippen molar-refractivity contribution in [3.8, 4) is 11.5 Å². The molecule has 0 saturated carbocycles. The van der Waals surface area contributed by atoms with Crippen molar-refractivity contribution in [3.63, 3.8) is 0 Å². The number of nitrogens with zero attached hydrogens (tertiary/aromatic N) is 2. The van der Waals surface area contributed by atoms with Crippen molar-refractivity contribution >= 4 is 29.9 Å². The maximum atomic E-state index is 13.2. The zero-order valence-electron chi connectivity index (χ0n) is 19.9. The van der Waals surface area contributed by atoms with Gasteiger partial charge in [0.1, 0.15) is 11.5 Å². The highest BCUT2D eigenvalue weighted by Crippen LogP contribution is 2.32. The highest BCUT2D eigenvalue weighted by Gasteiger charge is 2.31. The molecule has 192 valence electrons. The fourth-order valence-electron chi connectivity index (χ4n) is 3.12. The number of esters is 1. The van der Waals surface area contributed by atoms with Crippen molar-refractivity contribution in [1.29, 1.82) is 0 Å². The first-order chi connectivity index (χ1) is 17.7. The molecule has 0 heterocycles. The maximum absolute atomic E-state index is 13.2. The number of hydrogen-bond acceptors (Lipinski definition) is 6. The maximum Gasteiger partial charge on any atom is 0.416 e. The third-order valence-electron chi connectivity index (χ3n) is 4.95. The number of anilines is 1. The molecule has 0 aromatic heterocycles. The molecule has 0 saturated heterocycles. The number of hydrazone groups is 1. The fraction of sp³-hybridized carbons (Fsp3) is 0.148. The van der Waals surface area contributed by atoms with Crippen LogP contribution in [0.25, 0.3) is 6.08 Å². The van der Waals surface area contributed by atoms with Gasteiger partial charge in [-0.1, -0.05) is 36.4 Å². The third-order valence-corrected chi connectivity index (χ3v) is 4.95. The Bertz CT molecular complexity index is 1290. The molecule has 0 aliphatic heterocycles. The fourth-order valence-corrected chi connectivity index (χ4v) is 3.12. The average Bonchev–Trinajstić information content (AvgIpc) is 2.91. The van der Waals surface area contributed by atoms with Crippen LogP contribution in [0.3, 0.4) is 0 Å². The second-order valence-electron chi connectivity index (χ2n) is 7.46. The van der Waals surface area contributed by atoms with Crippen LogP contribution in [-0.4, -0.2) is 38.9 Å². The summed E-state index contributed by atoms with van der Waals surface area (Å²) in [5, 5.41) is 4.81. The van der Waals surface area contributed by atoms with Crippen molar-refractivity contribution in [2.75, 3.05) is 25.8 Å². The van der Waals surface area contributed by atoms with Crippen LogP contribution < -0.4 is 14.5 Å². The molecule has 0 spiro atoms. The van der Waals surface area contributed by atoms with Gasteiger partial charge < -0.3 is 14.2 Å². The van der Waals surface area contributed by atoms with E-state index >= 15 is 0 Å². The van der Waals surface area contributed by atoms with Gasteiger partial charge in [-0.25, -0.2) is 4.79 Å². The smallest absolute Gasteiger partial charge is 0.416 e. The summed E-state index contributed by atoms with van der Waals surface area (Å²) in [5.41, 5.74) is 0.0483. The normalized spacial score (nSPS) is 11.5. The number of halogens is 3. The molecule has 0 bridgehead atoms. The predicted molar refractivity (Wildman–Crippen MR) is 133 cm³/mol. The minimum absolute atomic E-state index is 0.139. The molecule has 37 heavy (non-hydrogen) atoms. The molecule has 7 nitrogen and oxygen atoms in total. The number of carbonyl (C=O) groups is 2. The number of carbonyl (C=O) groups excluding carboxylic acids is 2. The van der Waals surface area contributed by atoms with Crippen LogP contribution in [0.4, 0.5) is 18.9 Å². The van der Waals surface area contributed by atoms with Crippen molar-refractivity contribution in [2.24, 2.45) is 5.10 Å². The van der Waals surface area contributed by atoms with Gasteiger partial charge in [-0.3, -0.25) is 4.79 Å². The Morgan fingerprint density at radius 2 is 1.70 bits per heavy atom. The molecular weight excluding hydrogens is 489 g/mol. The molecule has 0 fully saturated rings. The van der Waals surface area contributed by atoms with Crippen LogP contribution in [0, 0.1) is 0 Å². The van der Waals surface area contributed by atoms with Gasteiger partial charge in [0.2, 0.25) is 0 Å². The van der Waals surface area contributed by atoms with Gasteiger partial charge in [0.15, 0.2) is 6.61 Å². The molecule has 10 heteroatoms. The first kappa shape index (κ1) is 27.0. The lowest BCUT2D eigenvalue weighted by molar-refractivity contribution is -0.142. The molecule has 0 atom stereocenters. The number of benzene rings is 3. The Balaban J connectivity index is 1.77. The summed E-state index contributed by atoms with van der Waals surface area (Å²) >= 11 is 0. The van der Waals surface area contributed by atoms with Crippen molar-refractivity contribution in [1.82, 2.24) is 0 Å². The number of alkyl halides is 3. The Kier molecular flexibility index (Phi) is 9.04. The summed E-state index contributed by atoms with van der Waals surface area (Å²) in [6.07, 6.45) is -0.792. The summed E-state index contributed by atoms with van der Waals surface area (Å²) in [6.45, 7) is -0.763. The van der Waals surface area contributed by atoms with Gasteiger partial charge in [-0.05, 0) is 48.0 Å². The van der Waals surface area contributed by atoms with Crippen LogP contribution in [-0.2, 0) is 20.5 Å². The summed E-state index contributed by atoms with van der Waals surface area (Å²) in [4.78, 5) is 25.1. The Labute approximate surface area is 211 Å². The number of methoxy groups -OCH3 is 2. The average molecular weight is 512 g/mol. The summed E-state index contributed by atoms with van der Waals surface area (Å²) in [6, 6.07) is 17.8.